The van der Waals surface area contributed by atoms with E-state index in [0.717, 1.165) is 49.8 Å². The minimum Gasteiger partial charge on any atom is -0.466 e. The Kier molecular flexibility index (Phi) is 8.61. The van der Waals surface area contributed by atoms with Crippen LogP contribution in [0.15, 0.2) is 29.3 Å². The summed E-state index contributed by atoms with van der Waals surface area (Å²) in [6.07, 6.45) is 2.08. The fourth-order valence-electron chi connectivity index (χ4n) is 2.91. The Labute approximate surface area is 161 Å². The van der Waals surface area contributed by atoms with Gasteiger partial charge in [0.1, 0.15) is 5.82 Å². The van der Waals surface area contributed by atoms with Gasteiger partial charge in [-0.3, -0.25) is 9.79 Å². The number of carbonyl (C=O) groups is 1. The molecule has 0 saturated heterocycles. The predicted octanol–water partition coefficient (Wildman–Crippen LogP) is 2.63. The van der Waals surface area contributed by atoms with Crippen molar-refractivity contribution in [3.63, 3.8) is 0 Å². The summed E-state index contributed by atoms with van der Waals surface area (Å²) in [4.78, 5) is 20.6. The highest BCUT2D eigenvalue weighted by Crippen LogP contribution is 2.15. The van der Waals surface area contributed by atoms with E-state index in [1.807, 2.05) is 39.0 Å². The van der Waals surface area contributed by atoms with Crippen molar-refractivity contribution in [2.45, 2.75) is 46.6 Å². The number of para-hydroxylation sites is 2. The van der Waals surface area contributed by atoms with Crippen LogP contribution in [0, 0.1) is 6.92 Å². The molecule has 0 amide bonds. The third-order valence-corrected chi connectivity index (χ3v) is 4.15. The fraction of sp³-hybridized carbons (Fsp3) is 0.550. The lowest BCUT2D eigenvalue weighted by Crippen LogP contribution is -2.38. The van der Waals surface area contributed by atoms with Gasteiger partial charge in [-0.2, -0.15) is 0 Å². The van der Waals surface area contributed by atoms with Crippen LogP contribution in [-0.2, 0) is 16.1 Å². The molecule has 1 aromatic heterocycles. The van der Waals surface area contributed by atoms with E-state index < -0.39 is 0 Å². The number of esters is 1. The first-order valence-electron chi connectivity index (χ1n) is 9.75. The molecule has 0 aliphatic carbocycles. The molecule has 1 heterocycles. The van der Waals surface area contributed by atoms with Crippen LogP contribution < -0.4 is 10.6 Å². The Bertz CT molecular complexity index is 754. The number of aromatic nitrogens is 2. The van der Waals surface area contributed by atoms with Crippen LogP contribution in [-0.4, -0.2) is 47.7 Å². The molecular formula is C20H31N5O2. The van der Waals surface area contributed by atoms with Crippen LogP contribution in [0.1, 0.15) is 38.9 Å². The molecule has 0 bridgehead atoms. The van der Waals surface area contributed by atoms with Crippen molar-refractivity contribution in [2.75, 3.05) is 26.2 Å². The molecule has 7 heteroatoms. The number of fused-ring (bicyclic) bond motifs is 1. The average molecular weight is 374 g/mol. The van der Waals surface area contributed by atoms with Gasteiger partial charge in [0.25, 0.3) is 0 Å². The van der Waals surface area contributed by atoms with E-state index in [9.17, 15) is 4.79 Å². The Morgan fingerprint density at radius 2 is 2.04 bits per heavy atom. The Morgan fingerprint density at radius 3 is 2.81 bits per heavy atom. The third-order valence-electron chi connectivity index (χ3n) is 4.15. The summed E-state index contributed by atoms with van der Waals surface area (Å²) in [5.41, 5.74) is 2.21. The van der Waals surface area contributed by atoms with Crippen molar-refractivity contribution in [3.8, 4) is 0 Å². The standard InChI is InChI=1S/C20H31N5O2/c1-4-21-20(22-13-8-12-19(26)27-5-2)23-14-9-15-25-16(3)24-17-10-6-7-11-18(17)25/h6-7,10-11H,4-5,8-9,12-15H2,1-3H3,(H2,21,22,23). The van der Waals surface area contributed by atoms with Crippen LogP contribution in [0.4, 0.5) is 0 Å². The second-order valence-corrected chi connectivity index (χ2v) is 6.25. The highest BCUT2D eigenvalue weighted by Gasteiger charge is 2.06. The molecule has 27 heavy (non-hydrogen) atoms. The zero-order valence-electron chi connectivity index (χ0n) is 16.6. The molecule has 148 valence electrons. The molecule has 2 aromatic rings. The van der Waals surface area contributed by atoms with Gasteiger partial charge in [0.2, 0.25) is 0 Å². The average Bonchev–Trinajstić information content (AvgIpc) is 2.97. The van der Waals surface area contributed by atoms with Gasteiger partial charge >= 0.3 is 5.97 Å². The number of hydrogen-bond donors (Lipinski definition) is 2. The predicted molar refractivity (Wildman–Crippen MR) is 109 cm³/mol. The van der Waals surface area contributed by atoms with Crippen molar-refractivity contribution in [1.29, 1.82) is 0 Å². The number of nitrogens with one attached hydrogen (secondary N) is 2. The molecule has 0 spiro atoms. The summed E-state index contributed by atoms with van der Waals surface area (Å²) in [6.45, 7) is 9.43. The normalized spacial score (nSPS) is 11.6. The van der Waals surface area contributed by atoms with E-state index >= 15 is 0 Å². The van der Waals surface area contributed by atoms with E-state index in [1.54, 1.807) is 0 Å². The smallest absolute Gasteiger partial charge is 0.305 e. The number of imidazole rings is 1. The maximum Gasteiger partial charge on any atom is 0.305 e. The first-order valence-corrected chi connectivity index (χ1v) is 9.75. The van der Waals surface area contributed by atoms with E-state index in [-0.39, 0.29) is 5.97 Å². The topological polar surface area (TPSA) is 80.5 Å². The van der Waals surface area contributed by atoms with Crippen LogP contribution in [0.5, 0.6) is 0 Å². The second kappa shape index (κ2) is 11.2. The zero-order chi connectivity index (χ0) is 19.5. The van der Waals surface area contributed by atoms with Crippen LogP contribution in [0.2, 0.25) is 0 Å². The number of rotatable bonds is 10. The van der Waals surface area contributed by atoms with E-state index in [1.165, 1.54) is 5.52 Å². The van der Waals surface area contributed by atoms with Crippen LogP contribution in [0.3, 0.4) is 0 Å². The summed E-state index contributed by atoms with van der Waals surface area (Å²) in [7, 11) is 0. The van der Waals surface area contributed by atoms with Gasteiger partial charge in [0.05, 0.1) is 17.6 Å². The van der Waals surface area contributed by atoms with Crippen molar-refractivity contribution >= 4 is 23.0 Å². The maximum absolute atomic E-state index is 11.4. The third kappa shape index (κ3) is 6.58. The number of aliphatic imine (C=N–C) groups is 1. The van der Waals surface area contributed by atoms with Gasteiger partial charge in [-0.15, -0.1) is 0 Å². The lowest BCUT2D eigenvalue weighted by atomic mass is 10.3. The lowest BCUT2D eigenvalue weighted by molar-refractivity contribution is -0.143. The minimum atomic E-state index is -0.149. The lowest BCUT2D eigenvalue weighted by Gasteiger charge is -2.11. The summed E-state index contributed by atoms with van der Waals surface area (Å²) in [6, 6.07) is 8.20. The Hall–Kier alpha value is -2.57. The molecular weight excluding hydrogens is 342 g/mol. The molecule has 0 aliphatic heterocycles. The largest absolute Gasteiger partial charge is 0.466 e. The molecule has 0 saturated carbocycles. The monoisotopic (exact) mass is 373 g/mol. The van der Waals surface area contributed by atoms with Crippen molar-refractivity contribution < 1.29 is 9.53 Å². The van der Waals surface area contributed by atoms with Gasteiger partial charge in [-0.1, -0.05) is 12.1 Å². The number of nitrogens with zero attached hydrogens (tertiary/aromatic N) is 3. The highest BCUT2D eigenvalue weighted by atomic mass is 16.5. The van der Waals surface area contributed by atoms with Gasteiger partial charge in [-0.05, 0) is 45.7 Å². The van der Waals surface area contributed by atoms with E-state index in [4.69, 9.17) is 4.74 Å². The summed E-state index contributed by atoms with van der Waals surface area (Å²) >= 11 is 0. The fourth-order valence-corrected chi connectivity index (χ4v) is 2.91. The molecule has 0 radical (unpaired) electrons. The van der Waals surface area contributed by atoms with Crippen LogP contribution >= 0.6 is 0 Å². The SMILES string of the molecule is CCNC(=NCCCn1c(C)nc2ccccc21)NCCCC(=O)OCC. The minimum absolute atomic E-state index is 0.149. The number of guanidine groups is 1. The number of ether oxygens (including phenoxy) is 1. The molecule has 0 aliphatic rings. The number of hydrogen-bond acceptors (Lipinski definition) is 4. The molecule has 2 rings (SSSR count). The van der Waals surface area contributed by atoms with Crippen LogP contribution in [0.25, 0.3) is 11.0 Å². The summed E-state index contributed by atoms with van der Waals surface area (Å²) < 4.78 is 7.17. The molecule has 0 fully saturated rings. The Balaban J connectivity index is 1.79. The first kappa shape index (κ1) is 20.7. The van der Waals surface area contributed by atoms with Gasteiger partial charge in [-0.25, -0.2) is 4.98 Å². The molecule has 2 N–H and O–H groups in total. The summed E-state index contributed by atoms with van der Waals surface area (Å²) in [5.74, 6) is 1.67. The van der Waals surface area contributed by atoms with Crippen molar-refractivity contribution in [1.82, 2.24) is 20.2 Å². The number of benzene rings is 1. The first-order chi connectivity index (χ1) is 13.2. The molecule has 7 nitrogen and oxygen atoms in total. The molecule has 0 atom stereocenters. The quantitative estimate of drug-likeness (QED) is 0.290. The maximum atomic E-state index is 11.4. The van der Waals surface area contributed by atoms with Crippen molar-refractivity contribution in [2.24, 2.45) is 4.99 Å². The zero-order valence-corrected chi connectivity index (χ0v) is 16.6. The Morgan fingerprint density at radius 1 is 1.22 bits per heavy atom. The van der Waals surface area contributed by atoms with Gasteiger partial charge < -0.3 is 19.9 Å². The highest BCUT2D eigenvalue weighted by molar-refractivity contribution is 5.79. The van der Waals surface area contributed by atoms with E-state index in [0.29, 0.717) is 19.6 Å². The number of aryl methyl sites for hydroxylation is 2. The van der Waals surface area contributed by atoms with Gasteiger partial charge in [0, 0.05) is 32.6 Å². The molecule has 1 aromatic carbocycles. The second-order valence-electron chi connectivity index (χ2n) is 6.25. The number of carbonyl (C=O) groups excluding carboxylic acids is 1. The van der Waals surface area contributed by atoms with Crippen molar-refractivity contribution in [3.05, 3.63) is 30.1 Å². The van der Waals surface area contributed by atoms with E-state index in [2.05, 4.69) is 31.2 Å². The molecule has 0 unspecified atom stereocenters. The van der Waals surface area contributed by atoms with Gasteiger partial charge in [0.15, 0.2) is 5.96 Å². The summed E-state index contributed by atoms with van der Waals surface area (Å²) in [5, 5.41) is 6.50.